The number of nitriles is 1. The van der Waals surface area contributed by atoms with Crippen molar-refractivity contribution in [1.29, 1.82) is 5.26 Å². The Morgan fingerprint density at radius 3 is 3.06 bits per heavy atom. The second kappa shape index (κ2) is 5.98. The van der Waals surface area contributed by atoms with E-state index in [1.807, 2.05) is 24.3 Å². The predicted octanol–water partition coefficient (Wildman–Crippen LogP) is 2.02. The molecule has 0 fully saturated rings. The molecule has 90 valence electrons. The van der Waals surface area contributed by atoms with Crippen LogP contribution in [0.1, 0.15) is 11.1 Å². The number of tetrazole rings is 1. The highest BCUT2D eigenvalue weighted by molar-refractivity contribution is 7.98. The molecule has 2 rings (SSSR count). The fraction of sp³-hybridized carbons (Fsp3) is 0.167. The molecule has 18 heavy (non-hydrogen) atoms. The lowest BCUT2D eigenvalue weighted by atomic mass is 10.1. The van der Waals surface area contributed by atoms with Crippen LogP contribution >= 0.6 is 11.8 Å². The van der Waals surface area contributed by atoms with Crippen LogP contribution in [0.5, 0.6) is 0 Å². The van der Waals surface area contributed by atoms with Gasteiger partial charge in [0.1, 0.15) is 0 Å². The van der Waals surface area contributed by atoms with E-state index in [1.165, 1.54) is 11.8 Å². The predicted molar refractivity (Wildman–Crippen MR) is 68.7 cm³/mol. The molecule has 1 aromatic carbocycles. The first-order valence-electron chi connectivity index (χ1n) is 5.33. The Labute approximate surface area is 109 Å². The molecule has 0 radical (unpaired) electrons. The number of thioether (sulfide) groups is 1. The Morgan fingerprint density at radius 1 is 1.44 bits per heavy atom. The summed E-state index contributed by atoms with van der Waals surface area (Å²) in [5.74, 6) is 0.668. The van der Waals surface area contributed by atoms with Gasteiger partial charge in [0.25, 0.3) is 0 Å². The van der Waals surface area contributed by atoms with E-state index in [9.17, 15) is 0 Å². The van der Waals surface area contributed by atoms with Gasteiger partial charge in [-0.15, -0.1) is 11.7 Å². The number of hydrogen-bond donors (Lipinski definition) is 0. The molecule has 0 spiro atoms. The third-order valence-electron chi connectivity index (χ3n) is 2.30. The second-order valence-corrected chi connectivity index (χ2v) is 4.43. The Balaban J connectivity index is 2.09. The van der Waals surface area contributed by atoms with Crippen molar-refractivity contribution in [2.75, 3.05) is 0 Å². The zero-order valence-electron chi connectivity index (χ0n) is 9.65. The van der Waals surface area contributed by atoms with Crippen LogP contribution in [0.2, 0.25) is 0 Å². The van der Waals surface area contributed by atoms with Crippen LogP contribution < -0.4 is 0 Å². The lowest BCUT2D eigenvalue weighted by Crippen LogP contribution is -2.00. The van der Waals surface area contributed by atoms with Crippen LogP contribution in [-0.4, -0.2) is 20.2 Å². The lowest BCUT2D eigenvalue weighted by molar-refractivity contribution is 0.614. The van der Waals surface area contributed by atoms with E-state index in [0.717, 1.165) is 10.7 Å². The first-order valence-corrected chi connectivity index (χ1v) is 6.31. The van der Waals surface area contributed by atoms with Crippen LogP contribution in [0.4, 0.5) is 0 Å². The fourth-order valence-corrected chi connectivity index (χ4v) is 2.32. The Morgan fingerprint density at radius 2 is 2.28 bits per heavy atom. The van der Waals surface area contributed by atoms with Crippen LogP contribution in [0, 0.1) is 11.3 Å². The maximum absolute atomic E-state index is 9.00. The summed E-state index contributed by atoms with van der Waals surface area (Å²) in [7, 11) is 0. The molecular formula is C12H11N5S. The largest absolute Gasteiger partial charge is 0.217 e. The highest BCUT2D eigenvalue weighted by Gasteiger charge is 2.07. The molecule has 0 amide bonds. The van der Waals surface area contributed by atoms with Gasteiger partial charge in [0.2, 0.25) is 5.16 Å². The third kappa shape index (κ3) is 2.76. The Bertz CT molecular complexity index is 584. The topological polar surface area (TPSA) is 67.4 Å². The molecule has 1 aromatic heterocycles. The normalized spacial score (nSPS) is 9.94. The monoisotopic (exact) mass is 257 g/mol. The highest BCUT2D eigenvalue weighted by atomic mass is 32.2. The molecule has 0 atom stereocenters. The molecule has 0 aliphatic heterocycles. The van der Waals surface area contributed by atoms with Gasteiger partial charge in [-0.3, -0.25) is 0 Å². The molecule has 0 bridgehead atoms. The first-order chi connectivity index (χ1) is 8.85. The van der Waals surface area contributed by atoms with E-state index in [1.54, 1.807) is 10.8 Å². The summed E-state index contributed by atoms with van der Waals surface area (Å²) in [6.07, 6.45) is 1.74. The van der Waals surface area contributed by atoms with Crippen LogP contribution in [0.25, 0.3) is 0 Å². The molecule has 2 aromatic rings. The molecule has 0 unspecified atom stereocenters. The number of hydrogen-bond acceptors (Lipinski definition) is 5. The van der Waals surface area contributed by atoms with Crippen molar-refractivity contribution >= 4 is 11.8 Å². The summed E-state index contributed by atoms with van der Waals surface area (Å²) in [6, 6.07) is 9.70. The van der Waals surface area contributed by atoms with Crippen LogP contribution in [-0.2, 0) is 12.3 Å². The van der Waals surface area contributed by atoms with Gasteiger partial charge in [-0.1, -0.05) is 36.0 Å². The molecular weight excluding hydrogens is 246 g/mol. The van der Waals surface area contributed by atoms with Crippen molar-refractivity contribution in [2.45, 2.75) is 17.5 Å². The zero-order valence-corrected chi connectivity index (χ0v) is 10.5. The molecule has 1 heterocycles. The van der Waals surface area contributed by atoms with Gasteiger partial charge in [0.05, 0.1) is 18.2 Å². The molecule has 0 aliphatic rings. The van der Waals surface area contributed by atoms with Crippen molar-refractivity contribution in [3.8, 4) is 6.07 Å². The maximum atomic E-state index is 9.00. The van der Waals surface area contributed by atoms with E-state index in [2.05, 4.69) is 28.2 Å². The number of allylic oxidation sites excluding steroid dienone is 1. The number of aromatic nitrogens is 4. The Hall–Kier alpha value is -2.13. The number of benzene rings is 1. The summed E-state index contributed by atoms with van der Waals surface area (Å²) in [4.78, 5) is 0. The summed E-state index contributed by atoms with van der Waals surface area (Å²) in [6.45, 7) is 4.23. The zero-order chi connectivity index (χ0) is 12.8. The van der Waals surface area contributed by atoms with Gasteiger partial charge < -0.3 is 0 Å². The molecule has 0 saturated heterocycles. The molecule has 0 N–H and O–H groups in total. The quantitative estimate of drug-likeness (QED) is 0.605. The first kappa shape index (κ1) is 12.3. The van der Waals surface area contributed by atoms with E-state index in [-0.39, 0.29) is 0 Å². The van der Waals surface area contributed by atoms with Crippen molar-refractivity contribution in [3.63, 3.8) is 0 Å². The SMILES string of the molecule is C=CCn1nnnc1SCc1ccccc1C#N. The van der Waals surface area contributed by atoms with Crippen LogP contribution in [0.15, 0.2) is 42.1 Å². The van der Waals surface area contributed by atoms with Crippen LogP contribution in [0.3, 0.4) is 0 Å². The molecule has 0 aliphatic carbocycles. The van der Waals surface area contributed by atoms with Crippen molar-refractivity contribution in [3.05, 3.63) is 48.0 Å². The molecule has 0 saturated carbocycles. The van der Waals surface area contributed by atoms with Crippen molar-refractivity contribution < 1.29 is 0 Å². The number of nitrogens with zero attached hydrogens (tertiary/aromatic N) is 5. The summed E-state index contributed by atoms with van der Waals surface area (Å²) < 4.78 is 1.67. The minimum atomic E-state index is 0.579. The highest BCUT2D eigenvalue weighted by Crippen LogP contribution is 2.21. The average Bonchev–Trinajstić information content (AvgIpc) is 2.84. The van der Waals surface area contributed by atoms with Crippen molar-refractivity contribution in [2.24, 2.45) is 0 Å². The standard InChI is InChI=1S/C12H11N5S/c1-2-7-17-12(14-15-16-17)18-9-11-6-4-3-5-10(11)8-13/h2-6H,1,7,9H2. The second-order valence-electron chi connectivity index (χ2n) is 3.49. The smallest absolute Gasteiger partial charge is 0.209 e. The van der Waals surface area contributed by atoms with Gasteiger partial charge in [-0.2, -0.15) is 5.26 Å². The summed E-state index contributed by atoms with van der Waals surface area (Å²) >= 11 is 1.50. The van der Waals surface area contributed by atoms with Gasteiger partial charge in [0, 0.05) is 5.75 Å². The van der Waals surface area contributed by atoms with Gasteiger partial charge in [0.15, 0.2) is 0 Å². The lowest BCUT2D eigenvalue weighted by Gasteiger charge is -2.03. The third-order valence-corrected chi connectivity index (χ3v) is 3.30. The van der Waals surface area contributed by atoms with E-state index in [4.69, 9.17) is 5.26 Å². The van der Waals surface area contributed by atoms with Crippen molar-refractivity contribution in [1.82, 2.24) is 20.2 Å². The van der Waals surface area contributed by atoms with E-state index < -0.39 is 0 Å². The Kier molecular flexibility index (Phi) is 4.10. The average molecular weight is 257 g/mol. The summed E-state index contributed by atoms with van der Waals surface area (Å²) in [5.41, 5.74) is 1.67. The van der Waals surface area contributed by atoms with Gasteiger partial charge >= 0.3 is 0 Å². The summed E-state index contributed by atoms with van der Waals surface area (Å²) in [5, 5.41) is 21.1. The minimum Gasteiger partial charge on any atom is -0.217 e. The van der Waals surface area contributed by atoms with E-state index in [0.29, 0.717) is 17.9 Å². The molecule has 5 nitrogen and oxygen atoms in total. The minimum absolute atomic E-state index is 0.579. The number of rotatable bonds is 5. The van der Waals surface area contributed by atoms with E-state index >= 15 is 0 Å². The molecule has 6 heteroatoms. The van der Waals surface area contributed by atoms with Gasteiger partial charge in [-0.25, -0.2) is 4.68 Å². The van der Waals surface area contributed by atoms with Gasteiger partial charge in [-0.05, 0) is 22.1 Å². The maximum Gasteiger partial charge on any atom is 0.209 e. The fourth-order valence-electron chi connectivity index (χ4n) is 1.43.